The van der Waals surface area contributed by atoms with Crippen LogP contribution >= 0.6 is 0 Å². The van der Waals surface area contributed by atoms with Crippen LogP contribution in [0.5, 0.6) is 11.5 Å². The van der Waals surface area contributed by atoms with Crippen LogP contribution in [0.1, 0.15) is 28.8 Å². The van der Waals surface area contributed by atoms with Crippen molar-refractivity contribution in [3.8, 4) is 11.5 Å². The molecule has 7 nitrogen and oxygen atoms in total. The van der Waals surface area contributed by atoms with Crippen LogP contribution < -0.4 is 20.1 Å². The first kappa shape index (κ1) is 17.3. The third-order valence-electron chi connectivity index (χ3n) is 4.21. The van der Waals surface area contributed by atoms with Gasteiger partial charge in [0.1, 0.15) is 6.61 Å². The molecule has 1 atom stereocenters. The van der Waals surface area contributed by atoms with Crippen LogP contribution in [0.25, 0.3) is 0 Å². The monoisotopic (exact) mass is 344 g/mol. The lowest BCUT2D eigenvalue weighted by molar-refractivity contribution is 0.0930. The highest BCUT2D eigenvalue weighted by Crippen LogP contribution is 2.29. The number of aromatic nitrogens is 2. The maximum Gasteiger partial charge on any atom is 0.251 e. The Bertz CT molecular complexity index is 723. The summed E-state index contributed by atoms with van der Waals surface area (Å²) in [6.07, 6.45) is 5.73. The van der Waals surface area contributed by atoms with E-state index in [4.69, 9.17) is 9.47 Å². The first-order valence-corrected chi connectivity index (χ1v) is 8.45. The van der Waals surface area contributed by atoms with Gasteiger partial charge in [0.15, 0.2) is 11.5 Å². The quantitative estimate of drug-likeness (QED) is 0.830. The minimum Gasteiger partial charge on any atom is -0.493 e. The molecule has 0 radical (unpaired) electrons. The number of piperidine rings is 1. The van der Waals surface area contributed by atoms with Crippen LogP contribution in [0.2, 0.25) is 0 Å². The molecule has 7 heteroatoms. The maximum atomic E-state index is 12.4. The van der Waals surface area contributed by atoms with E-state index in [2.05, 4.69) is 15.7 Å². The molecule has 2 aromatic rings. The van der Waals surface area contributed by atoms with E-state index in [1.807, 2.05) is 13.2 Å². The predicted molar refractivity (Wildman–Crippen MR) is 93.9 cm³/mol. The Hall–Kier alpha value is -2.54. The van der Waals surface area contributed by atoms with Crippen molar-refractivity contribution in [1.29, 1.82) is 0 Å². The van der Waals surface area contributed by atoms with E-state index in [0.29, 0.717) is 23.7 Å². The Kier molecular flexibility index (Phi) is 5.55. The van der Waals surface area contributed by atoms with Crippen molar-refractivity contribution >= 4 is 5.91 Å². The molecule has 0 aliphatic carbocycles. The lowest BCUT2D eigenvalue weighted by Crippen LogP contribution is -2.45. The van der Waals surface area contributed by atoms with E-state index >= 15 is 0 Å². The third kappa shape index (κ3) is 4.51. The number of aryl methyl sites for hydroxylation is 1. The number of amides is 1. The van der Waals surface area contributed by atoms with Crippen LogP contribution in [-0.2, 0) is 13.7 Å². The van der Waals surface area contributed by atoms with Gasteiger partial charge < -0.3 is 20.1 Å². The number of nitrogens with zero attached hydrogens (tertiary/aromatic N) is 2. The number of hydrogen-bond acceptors (Lipinski definition) is 5. The highest BCUT2D eigenvalue weighted by molar-refractivity contribution is 5.95. The van der Waals surface area contributed by atoms with Crippen LogP contribution in [-0.4, -0.2) is 41.9 Å². The summed E-state index contributed by atoms with van der Waals surface area (Å²) < 4.78 is 12.9. The molecule has 134 valence electrons. The van der Waals surface area contributed by atoms with E-state index < -0.39 is 0 Å². The van der Waals surface area contributed by atoms with Crippen molar-refractivity contribution in [3.05, 3.63) is 41.7 Å². The van der Waals surface area contributed by atoms with Crippen LogP contribution in [0.4, 0.5) is 0 Å². The van der Waals surface area contributed by atoms with Crippen molar-refractivity contribution in [2.24, 2.45) is 7.05 Å². The van der Waals surface area contributed by atoms with Gasteiger partial charge in [-0.25, -0.2) is 0 Å². The topological polar surface area (TPSA) is 77.4 Å². The predicted octanol–water partition coefficient (Wildman–Crippen LogP) is 1.49. The SMILES string of the molecule is COc1cc(C(=O)N[C@@H]2CCCNC2)ccc1OCc1cnn(C)c1. The van der Waals surface area contributed by atoms with Crippen LogP contribution in [0, 0.1) is 0 Å². The largest absolute Gasteiger partial charge is 0.493 e. The Morgan fingerprint density at radius 1 is 1.44 bits per heavy atom. The summed E-state index contributed by atoms with van der Waals surface area (Å²) >= 11 is 0. The summed E-state index contributed by atoms with van der Waals surface area (Å²) in [5.41, 5.74) is 1.53. The molecule has 1 amide bonds. The normalized spacial score (nSPS) is 17.1. The van der Waals surface area contributed by atoms with Crippen LogP contribution in [0.3, 0.4) is 0 Å². The number of methoxy groups -OCH3 is 1. The summed E-state index contributed by atoms with van der Waals surface area (Å²) in [6, 6.07) is 5.41. The zero-order chi connectivity index (χ0) is 17.6. The molecule has 1 aliphatic heterocycles. The molecular weight excluding hydrogens is 320 g/mol. The molecule has 3 rings (SSSR count). The van der Waals surface area contributed by atoms with Gasteiger partial charge in [0.05, 0.1) is 13.3 Å². The summed E-state index contributed by atoms with van der Waals surface area (Å²) in [5.74, 6) is 1.05. The maximum absolute atomic E-state index is 12.4. The molecule has 1 fully saturated rings. The number of hydrogen-bond donors (Lipinski definition) is 2. The molecule has 0 unspecified atom stereocenters. The zero-order valence-electron chi connectivity index (χ0n) is 14.6. The molecule has 1 saturated heterocycles. The second kappa shape index (κ2) is 8.02. The van der Waals surface area contributed by atoms with Gasteiger partial charge in [-0.05, 0) is 37.6 Å². The number of nitrogens with one attached hydrogen (secondary N) is 2. The second-order valence-corrected chi connectivity index (χ2v) is 6.19. The van der Waals surface area contributed by atoms with Crippen molar-refractivity contribution in [3.63, 3.8) is 0 Å². The average Bonchev–Trinajstić information content (AvgIpc) is 3.06. The Morgan fingerprint density at radius 3 is 3.00 bits per heavy atom. The minimum atomic E-state index is -0.0918. The molecule has 1 aromatic heterocycles. The van der Waals surface area contributed by atoms with E-state index in [1.54, 1.807) is 36.2 Å². The summed E-state index contributed by atoms with van der Waals surface area (Å²) in [5, 5.41) is 10.5. The summed E-state index contributed by atoms with van der Waals surface area (Å²) in [4.78, 5) is 12.4. The van der Waals surface area contributed by atoms with E-state index in [1.165, 1.54) is 0 Å². The number of carbonyl (C=O) groups is 1. The smallest absolute Gasteiger partial charge is 0.251 e. The highest BCUT2D eigenvalue weighted by Gasteiger charge is 2.17. The van der Waals surface area contributed by atoms with Crippen molar-refractivity contribution < 1.29 is 14.3 Å². The highest BCUT2D eigenvalue weighted by atomic mass is 16.5. The molecule has 0 saturated carbocycles. The van der Waals surface area contributed by atoms with E-state index in [9.17, 15) is 4.79 Å². The Labute approximate surface area is 147 Å². The standard InChI is InChI=1S/C18H24N4O3/c1-22-11-13(9-20-22)12-25-16-6-5-14(8-17(16)24-2)18(23)21-15-4-3-7-19-10-15/h5-6,8-9,11,15,19H,3-4,7,10,12H2,1-2H3,(H,21,23)/t15-/m1/s1. The van der Waals surface area contributed by atoms with Gasteiger partial charge >= 0.3 is 0 Å². The second-order valence-electron chi connectivity index (χ2n) is 6.19. The number of benzene rings is 1. The first-order valence-electron chi connectivity index (χ1n) is 8.45. The number of ether oxygens (including phenoxy) is 2. The fraction of sp³-hybridized carbons (Fsp3) is 0.444. The molecular formula is C18H24N4O3. The van der Waals surface area contributed by atoms with Crippen molar-refractivity contribution in [2.75, 3.05) is 20.2 Å². The Balaban J connectivity index is 1.64. The molecule has 2 heterocycles. The van der Waals surface area contributed by atoms with Gasteiger partial charge in [0.25, 0.3) is 5.91 Å². The molecule has 1 aromatic carbocycles. The fourth-order valence-electron chi connectivity index (χ4n) is 2.88. The summed E-state index contributed by atoms with van der Waals surface area (Å²) in [7, 11) is 3.43. The van der Waals surface area contributed by atoms with Gasteiger partial charge in [-0.2, -0.15) is 5.10 Å². The molecule has 1 aliphatic rings. The number of rotatable bonds is 6. The van der Waals surface area contributed by atoms with Crippen LogP contribution in [0.15, 0.2) is 30.6 Å². The first-order chi connectivity index (χ1) is 12.2. The van der Waals surface area contributed by atoms with Gasteiger partial charge in [0.2, 0.25) is 0 Å². The van der Waals surface area contributed by atoms with Gasteiger partial charge in [0, 0.05) is 37.0 Å². The average molecular weight is 344 g/mol. The van der Waals surface area contributed by atoms with Crippen molar-refractivity contribution in [1.82, 2.24) is 20.4 Å². The minimum absolute atomic E-state index is 0.0918. The number of carbonyl (C=O) groups excluding carboxylic acids is 1. The van der Waals surface area contributed by atoms with E-state index in [0.717, 1.165) is 31.5 Å². The van der Waals surface area contributed by atoms with Gasteiger partial charge in [-0.3, -0.25) is 9.48 Å². The molecule has 0 spiro atoms. The lowest BCUT2D eigenvalue weighted by atomic mass is 10.1. The molecule has 0 bridgehead atoms. The summed E-state index contributed by atoms with van der Waals surface area (Å²) in [6.45, 7) is 2.22. The third-order valence-corrected chi connectivity index (χ3v) is 4.21. The van der Waals surface area contributed by atoms with Gasteiger partial charge in [-0.15, -0.1) is 0 Å². The van der Waals surface area contributed by atoms with E-state index in [-0.39, 0.29) is 11.9 Å². The Morgan fingerprint density at radius 2 is 2.32 bits per heavy atom. The van der Waals surface area contributed by atoms with Crippen molar-refractivity contribution in [2.45, 2.75) is 25.5 Å². The molecule has 2 N–H and O–H groups in total. The lowest BCUT2D eigenvalue weighted by Gasteiger charge is -2.24. The molecule has 25 heavy (non-hydrogen) atoms. The van der Waals surface area contributed by atoms with Gasteiger partial charge in [-0.1, -0.05) is 0 Å². The zero-order valence-corrected chi connectivity index (χ0v) is 14.6. The fourth-order valence-corrected chi connectivity index (χ4v) is 2.88.